The van der Waals surface area contributed by atoms with Crippen molar-refractivity contribution in [2.45, 2.75) is 12.0 Å². The summed E-state index contributed by atoms with van der Waals surface area (Å²) in [5, 5.41) is 5.15. The predicted molar refractivity (Wildman–Crippen MR) is 115 cm³/mol. The number of thiophene rings is 1. The third kappa shape index (κ3) is 4.08. The van der Waals surface area contributed by atoms with Crippen LogP contribution in [-0.4, -0.2) is 79.9 Å². The number of benzene rings is 1. The van der Waals surface area contributed by atoms with Crippen LogP contribution in [-0.2, 0) is 4.79 Å². The summed E-state index contributed by atoms with van der Waals surface area (Å²) in [6, 6.07) is 11.2. The Labute approximate surface area is 176 Å². The van der Waals surface area contributed by atoms with Crippen LogP contribution < -0.4 is 5.32 Å². The summed E-state index contributed by atoms with van der Waals surface area (Å²) in [7, 11) is 3.94. The molecule has 1 fully saturated rings. The fourth-order valence-corrected chi connectivity index (χ4v) is 5.20. The molecule has 2 unspecified atom stereocenters. The molecular formula is C22H28N4O2S. The summed E-state index contributed by atoms with van der Waals surface area (Å²) >= 11 is 1.59. The molecule has 3 heterocycles. The lowest BCUT2D eigenvalue weighted by atomic mass is 9.82. The zero-order chi connectivity index (χ0) is 20.4. The number of carbonyl (C=O) groups is 2. The van der Waals surface area contributed by atoms with Crippen LogP contribution in [0.2, 0.25) is 0 Å². The van der Waals surface area contributed by atoms with Gasteiger partial charge in [-0.1, -0.05) is 24.3 Å². The van der Waals surface area contributed by atoms with Gasteiger partial charge in [-0.2, -0.15) is 0 Å². The van der Waals surface area contributed by atoms with E-state index in [1.54, 1.807) is 23.3 Å². The second-order valence-corrected chi connectivity index (χ2v) is 8.86. The second-order valence-electron chi connectivity index (χ2n) is 7.88. The Kier molecular flexibility index (Phi) is 5.99. The van der Waals surface area contributed by atoms with E-state index in [2.05, 4.69) is 22.2 Å². The van der Waals surface area contributed by atoms with Gasteiger partial charge in [-0.15, -0.1) is 11.3 Å². The first-order chi connectivity index (χ1) is 14.1. The first-order valence-electron chi connectivity index (χ1n) is 10.1. The number of hydrogen-bond acceptors (Lipinski definition) is 5. The summed E-state index contributed by atoms with van der Waals surface area (Å²) < 4.78 is 0. The Hall–Kier alpha value is -2.22. The first-order valence-corrected chi connectivity index (χ1v) is 11.0. The summed E-state index contributed by atoms with van der Waals surface area (Å²) in [6.45, 7) is 5.68. The molecule has 0 bridgehead atoms. The van der Waals surface area contributed by atoms with Gasteiger partial charge in [0.25, 0.3) is 5.91 Å². The molecule has 6 nitrogen and oxygen atoms in total. The van der Waals surface area contributed by atoms with Crippen LogP contribution in [0.25, 0.3) is 0 Å². The van der Waals surface area contributed by atoms with E-state index >= 15 is 0 Å². The number of rotatable bonds is 5. The van der Waals surface area contributed by atoms with Crippen molar-refractivity contribution >= 4 is 23.2 Å². The minimum absolute atomic E-state index is 0.00988. The minimum atomic E-state index is -0.403. The van der Waals surface area contributed by atoms with Gasteiger partial charge >= 0.3 is 0 Å². The quantitative estimate of drug-likeness (QED) is 0.817. The monoisotopic (exact) mass is 412 g/mol. The minimum Gasteiger partial charge on any atom is -0.354 e. The van der Waals surface area contributed by atoms with E-state index < -0.39 is 5.92 Å². The Morgan fingerprint density at radius 2 is 1.86 bits per heavy atom. The van der Waals surface area contributed by atoms with Gasteiger partial charge in [0.05, 0.1) is 12.0 Å². The first kappa shape index (κ1) is 20.1. The van der Waals surface area contributed by atoms with Crippen LogP contribution in [0, 0.1) is 0 Å². The van der Waals surface area contributed by atoms with Crippen LogP contribution in [0.1, 0.15) is 32.8 Å². The third-order valence-corrected chi connectivity index (χ3v) is 6.96. The van der Waals surface area contributed by atoms with Crippen molar-refractivity contribution in [3.05, 3.63) is 57.8 Å². The van der Waals surface area contributed by atoms with Gasteiger partial charge in [0, 0.05) is 56.8 Å². The Balaban J connectivity index is 1.53. The second kappa shape index (κ2) is 8.65. The van der Waals surface area contributed by atoms with Crippen molar-refractivity contribution in [3.8, 4) is 0 Å². The van der Waals surface area contributed by atoms with Gasteiger partial charge in [0.2, 0.25) is 5.91 Å². The molecular weight excluding hydrogens is 384 g/mol. The molecule has 154 valence electrons. The van der Waals surface area contributed by atoms with E-state index in [1.165, 1.54) is 0 Å². The summed E-state index contributed by atoms with van der Waals surface area (Å²) in [5.74, 6) is -0.440. The molecule has 0 radical (unpaired) electrons. The highest BCUT2D eigenvalue weighted by molar-refractivity contribution is 7.10. The van der Waals surface area contributed by atoms with E-state index in [4.69, 9.17) is 0 Å². The number of hydrogen-bond donors (Lipinski definition) is 1. The van der Waals surface area contributed by atoms with Gasteiger partial charge < -0.3 is 15.1 Å². The molecule has 0 spiro atoms. The zero-order valence-corrected chi connectivity index (χ0v) is 17.8. The van der Waals surface area contributed by atoms with Crippen LogP contribution >= 0.6 is 11.3 Å². The lowest BCUT2D eigenvalue weighted by Crippen LogP contribution is -2.49. The normalized spacial score (nSPS) is 23.1. The molecule has 0 aliphatic carbocycles. The maximum atomic E-state index is 13.3. The maximum Gasteiger partial charge on any atom is 0.254 e. The molecule has 2 aliphatic rings. The van der Waals surface area contributed by atoms with Crippen LogP contribution in [0.3, 0.4) is 0 Å². The van der Waals surface area contributed by atoms with Crippen LogP contribution in [0.4, 0.5) is 0 Å². The fourth-order valence-electron chi connectivity index (χ4n) is 4.29. The number of piperazine rings is 1. The number of amides is 2. The van der Waals surface area contributed by atoms with Crippen molar-refractivity contribution in [2.24, 2.45) is 0 Å². The largest absolute Gasteiger partial charge is 0.354 e. The summed E-state index contributed by atoms with van der Waals surface area (Å²) in [6.07, 6.45) is 0. The molecule has 0 saturated carbocycles. The molecule has 2 aromatic rings. The Morgan fingerprint density at radius 1 is 1.10 bits per heavy atom. The maximum absolute atomic E-state index is 13.3. The standard InChI is InChI=1S/C22H28N4O2S/c1-24-11-13-26(14-12-24)10-9-23-21(27)19-16-6-3-4-7-17(16)22(28)25(2)20(19)18-8-5-15-29-18/h3-8,15,19-20H,9-14H2,1-2H3,(H,23,27). The van der Waals surface area contributed by atoms with Gasteiger partial charge in [-0.3, -0.25) is 14.5 Å². The highest BCUT2D eigenvalue weighted by Gasteiger charge is 2.42. The molecule has 1 N–H and O–H groups in total. The fraction of sp³-hybridized carbons (Fsp3) is 0.455. The van der Waals surface area contributed by atoms with Gasteiger partial charge in [0.15, 0.2) is 0 Å². The van der Waals surface area contributed by atoms with E-state index in [1.807, 2.05) is 41.8 Å². The number of likely N-dealkylation sites (N-methyl/N-ethyl adjacent to an activating group) is 2. The molecule has 1 saturated heterocycles. The Morgan fingerprint density at radius 3 is 2.59 bits per heavy atom. The number of nitrogens with one attached hydrogen (secondary N) is 1. The molecule has 2 aliphatic heterocycles. The Bertz CT molecular complexity index is 861. The smallest absolute Gasteiger partial charge is 0.254 e. The SMILES string of the molecule is CN1CCN(CCNC(=O)C2c3ccccc3C(=O)N(C)C2c2cccs2)CC1. The van der Waals surface area contributed by atoms with Crippen molar-refractivity contribution in [1.82, 2.24) is 20.0 Å². The number of carbonyl (C=O) groups excluding carboxylic acids is 2. The van der Waals surface area contributed by atoms with E-state index in [0.717, 1.165) is 43.2 Å². The molecule has 2 atom stereocenters. The molecule has 29 heavy (non-hydrogen) atoms. The van der Waals surface area contributed by atoms with Gasteiger partial charge in [-0.25, -0.2) is 0 Å². The lowest BCUT2D eigenvalue weighted by Gasteiger charge is -2.39. The van der Waals surface area contributed by atoms with Crippen molar-refractivity contribution < 1.29 is 9.59 Å². The molecule has 7 heteroatoms. The van der Waals surface area contributed by atoms with Crippen LogP contribution in [0.5, 0.6) is 0 Å². The molecule has 4 rings (SSSR count). The summed E-state index contributed by atoms with van der Waals surface area (Å²) in [5.41, 5.74) is 1.45. The average Bonchev–Trinajstić information content (AvgIpc) is 3.26. The average molecular weight is 413 g/mol. The highest BCUT2D eigenvalue weighted by Crippen LogP contribution is 2.43. The van der Waals surface area contributed by atoms with E-state index in [9.17, 15) is 9.59 Å². The predicted octanol–water partition coefficient (Wildman–Crippen LogP) is 2.02. The molecule has 1 aromatic heterocycles. The zero-order valence-electron chi connectivity index (χ0n) is 17.0. The highest BCUT2D eigenvalue weighted by atomic mass is 32.1. The van der Waals surface area contributed by atoms with Crippen molar-refractivity contribution in [1.29, 1.82) is 0 Å². The lowest BCUT2D eigenvalue weighted by molar-refractivity contribution is -0.124. The molecule has 1 aromatic carbocycles. The third-order valence-electron chi connectivity index (χ3n) is 6.02. The van der Waals surface area contributed by atoms with E-state index in [-0.39, 0.29) is 17.9 Å². The van der Waals surface area contributed by atoms with Crippen molar-refractivity contribution in [3.63, 3.8) is 0 Å². The van der Waals surface area contributed by atoms with E-state index in [0.29, 0.717) is 12.1 Å². The summed E-state index contributed by atoms with van der Waals surface area (Å²) in [4.78, 5) is 33.7. The van der Waals surface area contributed by atoms with Crippen LogP contribution in [0.15, 0.2) is 41.8 Å². The number of fused-ring (bicyclic) bond motifs is 1. The molecule has 2 amide bonds. The van der Waals surface area contributed by atoms with Crippen molar-refractivity contribution in [2.75, 3.05) is 53.4 Å². The topological polar surface area (TPSA) is 55.9 Å². The number of nitrogens with zero attached hydrogens (tertiary/aromatic N) is 3. The van der Waals surface area contributed by atoms with Gasteiger partial charge in [0.1, 0.15) is 0 Å². The van der Waals surface area contributed by atoms with Gasteiger partial charge in [-0.05, 0) is 30.1 Å².